The van der Waals surface area contributed by atoms with Gasteiger partial charge in [0.15, 0.2) is 5.82 Å². The van der Waals surface area contributed by atoms with Gasteiger partial charge in [-0.25, -0.2) is 0 Å². The highest BCUT2D eigenvalue weighted by molar-refractivity contribution is 6.30. The lowest BCUT2D eigenvalue weighted by Gasteiger charge is -2.03. The second-order valence-electron chi connectivity index (χ2n) is 4.85. The van der Waals surface area contributed by atoms with Crippen molar-refractivity contribution in [3.8, 4) is 0 Å². The molecule has 0 saturated heterocycles. The van der Waals surface area contributed by atoms with Crippen LogP contribution < -0.4 is 5.32 Å². The highest BCUT2D eigenvalue weighted by Gasteiger charge is 2.28. The molecule has 1 aromatic heterocycles. The fourth-order valence-electron chi connectivity index (χ4n) is 2.08. The molecular formula is C14H14ClN3O. The molecule has 1 fully saturated rings. The van der Waals surface area contributed by atoms with Crippen molar-refractivity contribution in [1.82, 2.24) is 10.2 Å². The predicted molar refractivity (Wildman–Crippen MR) is 74.7 cm³/mol. The van der Waals surface area contributed by atoms with E-state index in [4.69, 9.17) is 11.6 Å². The van der Waals surface area contributed by atoms with Crippen LogP contribution in [0.1, 0.15) is 40.4 Å². The molecule has 1 amide bonds. The number of carbonyl (C=O) groups is 1. The maximum atomic E-state index is 12.1. The molecule has 1 aromatic carbocycles. The number of H-pyrrole nitrogens is 1. The van der Waals surface area contributed by atoms with E-state index in [-0.39, 0.29) is 5.91 Å². The number of hydrogen-bond donors (Lipinski definition) is 2. The molecule has 0 spiro atoms. The zero-order chi connectivity index (χ0) is 13.4. The van der Waals surface area contributed by atoms with Gasteiger partial charge >= 0.3 is 0 Å². The van der Waals surface area contributed by atoms with Crippen molar-refractivity contribution >= 4 is 23.3 Å². The average Bonchev–Trinajstić information content (AvgIpc) is 3.17. The summed E-state index contributed by atoms with van der Waals surface area (Å²) in [5, 5.41) is 10.6. The van der Waals surface area contributed by atoms with Crippen LogP contribution in [-0.4, -0.2) is 16.1 Å². The average molecular weight is 276 g/mol. The summed E-state index contributed by atoms with van der Waals surface area (Å²) in [5.74, 6) is 1.03. The van der Waals surface area contributed by atoms with Gasteiger partial charge in [0.2, 0.25) is 0 Å². The van der Waals surface area contributed by atoms with Gasteiger partial charge in [0.25, 0.3) is 5.91 Å². The van der Waals surface area contributed by atoms with Crippen molar-refractivity contribution in [3.05, 3.63) is 46.1 Å². The normalized spacial score (nSPS) is 14.4. The van der Waals surface area contributed by atoms with E-state index in [1.807, 2.05) is 6.92 Å². The number of aromatic amines is 1. The fraction of sp³-hybridized carbons (Fsp3) is 0.286. The summed E-state index contributed by atoms with van der Waals surface area (Å²) in [4.78, 5) is 12.1. The first-order valence-electron chi connectivity index (χ1n) is 6.27. The Morgan fingerprint density at radius 1 is 1.37 bits per heavy atom. The maximum absolute atomic E-state index is 12.1. The van der Waals surface area contributed by atoms with Crippen LogP contribution in [0.25, 0.3) is 0 Å². The molecule has 1 aliphatic rings. The van der Waals surface area contributed by atoms with Crippen LogP contribution in [0.4, 0.5) is 5.82 Å². The largest absolute Gasteiger partial charge is 0.305 e. The number of amides is 1. The van der Waals surface area contributed by atoms with E-state index in [1.54, 1.807) is 24.3 Å². The SMILES string of the molecule is Cc1c(NC(=O)c2ccc(Cl)cc2)n[nH]c1C1CC1. The predicted octanol–water partition coefficient (Wildman–Crippen LogP) is 3.50. The minimum absolute atomic E-state index is 0.173. The van der Waals surface area contributed by atoms with Crippen LogP contribution in [-0.2, 0) is 0 Å². The van der Waals surface area contributed by atoms with Crippen molar-refractivity contribution < 1.29 is 4.79 Å². The molecule has 4 nitrogen and oxygen atoms in total. The molecule has 19 heavy (non-hydrogen) atoms. The van der Waals surface area contributed by atoms with Gasteiger partial charge in [-0.2, -0.15) is 5.10 Å². The van der Waals surface area contributed by atoms with E-state index in [2.05, 4.69) is 15.5 Å². The molecule has 0 atom stereocenters. The molecule has 98 valence electrons. The molecule has 0 aliphatic heterocycles. The second kappa shape index (κ2) is 4.70. The van der Waals surface area contributed by atoms with Crippen LogP contribution in [0.2, 0.25) is 5.02 Å². The topological polar surface area (TPSA) is 57.8 Å². The van der Waals surface area contributed by atoms with E-state index in [9.17, 15) is 4.79 Å². The number of carbonyl (C=O) groups excluding carboxylic acids is 1. The van der Waals surface area contributed by atoms with Crippen LogP contribution in [0.3, 0.4) is 0 Å². The van der Waals surface area contributed by atoms with Gasteiger partial charge in [-0.05, 0) is 44.0 Å². The Morgan fingerprint density at radius 3 is 2.68 bits per heavy atom. The first kappa shape index (κ1) is 12.2. The first-order valence-corrected chi connectivity index (χ1v) is 6.64. The zero-order valence-corrected chi connectivity index (χ0v) is 11.3. The summed E-state index contributed by atoms with van der Waals surface area (Å²) in [5.41, 5.74) is 2.75. The highest BCUT2D eigenvalue weighted by atomic mass is 35.5. The monoisotopic (exact) mass is 275 g/mol. The lowest BCUT2D eigenvalue weighted by atomic mass is 10.2. The Morgan fingerprint density at radius 2 is 2.05 bits per heavy atom. The van der Waals surface area contributed by atoms with Gasteiger partial charge in [-0.1, -0.05) is 11.6 Å². The van der Waals surface area contributed by atoms with E-state index < -0.39 is 0 Å². The maximum Gasteiger partial charge on any atom is 0.256 e. The van der Waals surface area contributed by atoms with Crippen molar-refractivity contribution in [2.24, 2.45) is 0 Å². The van der Waals surface area contributed by atoms with E-state index in [0.29, 0.717) is 22.3 Å². The number of benzene rings is 1. The summed E-state index contributed by atoms with van der Waals surface area (Å²) in [6.45, 7) is 1.98. The number of aromatic nitrogens is 2. The number of nitrogens with zero attached hydrogens (tertiary/aromatic N) is 1. The lowest BCUT2D eigenvalue weighted by Crippen LogP contribution is -2.12. The highest BCUT2D eigenvalue weighted by Crippen LogP contribution is 2.41. The van der Waals surface area contributed by atoms with Crippen molar-refractivity contribution in [3.63, 3.8) is 0 Å². The Kier molecular flexibility index (Phi) is 3.03. The number of anilines is 1. The first-order chi connectivity index (χ1) is 9.15. The molecule has 1 saturated carbocycles. The third-order valence-corrected chi connectivity index (χ3v) is 3.62. The Bertz CT molecular complexity index is 614. The van der Waals surface area contributed by atoms with Crippen LogP contribution in [0.15, 0.2) is 24.3 Å². The van der Waals surface area contributed by atoms with Crippen LogP contribution in [0, 0.1) is 6.92 Å². The van der Waals surface area contributed by atoms with Crippen LogP contribution in [0.5, 0.6) is 0 Å². The van der Waals surface area contributed by atoms with E-state index in [1.165, 1.54) is 12.8 Å². The third kappa shape index (κ3) is 2.49. The van der Waals surface area contributed by atoms with Gasteiger partial charge in [0.1, 0.15) is 0 Å². The molecule has 0 unspecified atom stereocenters. The van der Waals surface area contributed by atoms with Crippen molar-refractivity contribution in [2.75, 3.05) is 5.32 Å². The Labute approximate surface area is 116 Å². The lowest BCUT2D eigenvalue weighted by molar-refractivity contribution is 0.102. The molecule has 1 heterocycles. The molecule has 5 heteroatoms. The quantitative estimate of drug-likeness (QED) is 0.901. The Hall–Kier alpha value is -1.81. The van der Waals surface area contributed by atoms with Crippen molar-refractivity contribution in [1.29, 1.82) is 0 Å². The number of hydrogen-bond acceptors (Lipinski definition) is 2. The molecule has 1 aliphatic carbocycles. The molecule has 2 N–H and O–H groups in total. The summed E-state index contributed by atoms with van der Waals surface area (Å²) < 4.78 is 0. The Balaban J connectivity index is 1.77. The molecule has 2 aromatic rings. The summed E-state index contributed by atoms with van der Waals surface area (Å²) in [7, 11) is 0. The van der Waals surface area contributed by atoms with Gasteiger partial charge in [0, 0.05) is 27.8 Å². The smallest absolute Gasteiger partial charge is 0.256 e. The van der Waals surface area contributed by atoms with Crippen LogP contribution >= 0.6 is 11.6 Å². The molecular weight excluding hydrogens is 262 g/mol. The van der Waals surface area contributed by atoms with Gasteiger partial charge in [-0.15, -0.1) is 0 Å². The third-order valence-electron chi connectivity index (χ3n) is 3.37. The molecule has 0 radical (unpaired) electrons. The number of nitrogens with one attached hydrogen (secondary N) is 2. The molecule has 0 bridgehead atoms. The minimum atomic E-state index is -0.173. The molecule has 3 rings (SSSR count). The number of halogens is 1. The van der Waals surface area contributed by atoms with Crippen molar-refractivity contribution in [2.45, 2.75) is 25.7 Å². The summed E-state index contributed by atoms with van der Waals surface area (Å²) >= 11 is 5.80. The summed E-state index contributed by atoms with van der Waals surface area (Å²) in [6, 6.07) is 6.79. The van der Waals surface area contributed by atoms with Gasteiger partial charge in [-0.3, -0.25) is 9.89 Å². The standard InChI is InChI=1S/C14H14ClN3O/c1-8-12(9-2-3-9)17-18-13(8)16-14(19)10-4-6-11(15)7-5-10/h4-7,9H,2-3H2,1H3,(H2,16,17,18,19). The second-order valence-corrected chi connectivity index (χ2v) is 5.28. The van der Waals surface area contributed by atoms with Gasteiger partial charge in [0.05, 0.1) is 0 Å². The van der Waals surface area contributed by atoms with E-state index in [0.717, 1.165) is 11.3 Å². The summed E-state index contributed by atoms with van der Waals surface area (Å²) in [6.07, 6.45) is 2.40. The zero-order valence-electron chi connectivity index (χ0n) is 10.5. The van der Waals surface area contributed by atoms with Gasteiger partial charge < -0.3 is 5.32 Å². The van der Waals surface area contributed by atoms with E-state index >= 15 is 0 Å². The fourth-order valence-corrected chi connectivity index (χ4v) is 2.21. The minimum Gasteiger partial charge on any atom is -0.305 e. The number of rotatable bonds is 3.